The number of hydrogen-bond acceptors (Lipinski definition) is 6. The Balaban J connectivity index is 1.95. The van der Waals surface area contributed by atoms with E-state index in [1.807, 2.05) is 0 Å². The van der Waals surface area contributed by atoms with Crippen molar-refractivity contribution in [2.45, 2.75) is 19.3 Å². The van der Waals surface area contributed by atoms with Gasteiger partial charge in [0.2, 0.25) is 0 Å². The van der Waals surface area contributed by atoms with Gasteiger partial charge in [-0.05, 0) is 31.4 Å². The molecule has 3 rings (SSSR count). The fourth-order valence-electron chi connectivity index (χ4n) is 2.81. The number of aliphatic carboxylic acids is 1. The fraction of sp³-hybridized carbons (Fsp3) is 0.375. The minimum Gasteiger partial charge on any atom is -0.507 e. The van der Waals surface area contributed by atoms with Crippen molar-refractivity contribution in [1.82, 2.24) is 15.3 Å². The number of amides is 1. The highest BCUT2D eigenvalue weighted by molar-refractivity contribution is 6.07. The van der Waals surface area contributed by atoms with E-state index in [0.717, 1.165) is 31.7 Å². The molecule has 2 aromatic rings. The molecule has 8 heteroatoms. The molecule has 0 aliphatic carbocycles. The van der Waals surface area contributed by atoms with Crippen LogP contribution in [0.4, 0.5) is 5.82 Å². The van der Waals surface area contributed by atoms with E-state index in [2.05, 4.69) is 20.2 Å². The quantitative estimate of drug-likeness (QED) is 0.770. The first kappa shape index (κ1) is 16.0. The molecule has 0 spiro atoms. The lowest BCUT2D eigenvalue weighted by Gasteiger charge is -2.27. The van der Waals surface area contributed by atoms with Gasteiger partial charge in [0.1, 0.15) is 29.2 Å². The van der Waals surface area contributed by atoms with Crippen molar-refractivity contribution < 1.29 is 19.8 Å². The number of nitrogens with zero attached hydrogens (tertiary/aromatic N) is 3. The number of carboxylic acids is 1. The summed E-state index contributed by atoms with van der Waals surface area (Å²) in [7, 11) is 0. The van der Waals surface area contributed by atoms with Crippen LogP contribution < -0.4 is 10.2 Å². The average molecular weight is 330 g/mol. The van der Waals surface area contributed by atoms with Crippen molar-refractivity contribution in [2.75, 3.05) is 24.5 Å². The molecule has 1 aliphatic rings. The van der Waals surface area contributed by atoms with Crippen LogP contribution in [-0.2, 0) is 4.79 Å². The zero-order valence-electron chi connectivity index (χ0n) is 13.0. The molecular weight excluding hydrogens is 312 g/mol. The Morgan fingerprint density at radius 2 is 1.96 bits per heavy atom. The van der Waals surface area contributed by atoms with Gasteiger partial charge in [-0.3, -0.25) is 9.59 Å². The van der Waals surface area contributed by atoms with Gasteiger partial charge in [0, 0.05) is 13.1 Å². The van der Waals surface area contributed by atoms with Gasteiger partial charge in [-0.1, -0.05) is 0 Å². The SMILES string of the molecule is O=C(O)CNC(=O)c1c(O)ccc2nc(N3CCCCC3)cnc12. The van der Waals surface area contributed by atoms with Crippen molar-refractivity contribution in [1.29, 1.82) is 0 Å². The van der Waals surface area contributed by atoms with E-state index in [0.29, 0.717) is 5.52 Å². The smallest absolute Gasteiger partial charge is 0.322 e. The van der Waals surface area contributed by atoms with Gasteiger partial charge in [-0.25, -0.2) is 9.97 Å². The highest BCUT2D eigenvalue weighted by atomic mass is 16.4. The lowest BCUT2D eigenvalue weighted by Crippen LogP contribution is -2.30. The van der Waals surface area contributed by atoms with Gasteiger partial charge < -0.3 is 20.4 Å². The van der Waals surface area contributed by atoms with E-state index < -0.39 is 18.4 Å². The molecule has 2 heterocycles. The van der Waals surface area contributed by atoms with Gasteiger partial charge in [-0.15, -0.1) is 0 Å². The van der Waals surface area contributed by atoms with E-state index in [4.69, 9.17) is 5.11 Å². The third-order valence-corrected chi connectivity index (χ3v) is 3.99. The summed E-state index contributed by atoms with van der Waals surface area (Å²) in [5.41, 5.74) is 0.668. The maximum absolute atomic E-state index is 12.2. The minimum atomic E-state index is -1.17. The lowest BCUT2D eigenvalue weighted by molar-refractivity contribution is -0.135. The van der Waals surface area contributed by atoms with Crippen LogP contribution in [0.1, 0.15) is 29.6 Å². The Kier molecular flexibility index (Phi) is 4.45. The number of carboxylic acid groups (broad SMARTS) is 1. The topological polar surface area (TPSA) is 116 Å². The third kappa shape index (κ3) is 3.22. The number of phenols is 1. The highest BCUT2D eigenvalue weighted by Gasteiger charge is 2.19. The maximum atomic E-state index is 12.2. The van der Waals surface area contributed by atoms with Crippen LogP contribution in [0, 0.1) is 0 Å². The Bertz CT molecular complexity index is 787. The summed E-state index contributed by atoms with van der Waals surface area (Å²) in [6, 6.07) is 2.96. The molecule has 0 unspecified atom stereocenters. The van der Waals surface area contributed by atoms with Crippen LogP contribution >= 0.6 is 0 Å². The van der Waals surface area contributed by atoms with Crippen LogP contribution in [0.25, 0.3) is 11.0 Å². The van der Waals surface area contributed by atoms with Gasteiger partial charge in [0.15, 0.2) is 0 Å². The molecule has 3 N–H and O–H groups in total. The summed E-state index contributed by atoms with van der Waals surface area (Å²) in [5.74, 6) is -1.38. The number of fused-ring (bicyclic) bond motifs is 1. The van der Waals surface area contributed by atoms with E-state index in [-0.39, 0.29) is 16.8 Å². The number of piperidine rings is 1. The summed E-state index contributed by atoms with van der Waals surface area (Å²) in [4.78, 5) is 33.7. The fourth-order valence-corrected chi connectivity index (χ4v) is 2.81. The van der Waals surface area contributed by atoms with E-state index in [1.54, 1.807) is 12.3 Å². The summed E-state index contributed by atoms with van der Waals surface area (Å²) < 4.78 is 0. The van der Waals surface area contributed by atoms with Gasteiger partial charge in [0.25, 0.3) is 5.91 Å². The Labute approximate surface area is 138 Å². The van der Waals surface area contributed by atoms with Crippen LogP contribution in [0.5, 0.6) is 5.75 Å². The summed E-state index contributed by atoms with van der Waals surface area (Å²) in [6.07, 6.45) is 5.01. The predicted molar refractivity (Wildman–Crippen MR) is 87.2 cm³/mol. The molecule has 8 nitrogen and oxygen atoms in total. The predicted octanol–water partition coefficient (Wildman–Crippen LogP) is 1.14. The second-order valence-corrected chi connectivity index (χ2v) is 5.68. The summed E-state index contributed by atoms with van der Waals surface area (Å²) >= 11 is 0. The highest BCUT2D eigenvalue weighted by Crippen LogP contribution is 2.27. The number of nitrogens with one attached hydrogen (secondary N) is 1. The molecular formula is C16H18N4O4. The number of benzene rings is 1. The number of anilines is 1. The number of carbonyl (C=O) groups is 2. The first-order chi connectivity index (χ1) is 11.6. The first-order valence-electron chi connectivity index (χ1n) is 7.80. The molecule has 0 atom stereocenters. The average Bonchev–Trinajstić information content (AvgIpc) is 2.60. The van der Waals surface area contributed by atoms with Crippen molar-refractivity contribution in [3.8, 4) is 5.75 Å². The molecule has 126 valence electrons. The van der Waals surface area contributed by atoms with Gasteiger partial charge >= 0.3 is 5.97 Å². The maximum Gasteiger partial charge on any atom is 0.322 e. The molecule has 1 fully saturated rings. The molecule has 0 radical (unpaired) electrons. The van der Waals surface area contributed by atoms with E-state index >= 15 is 0 Å². The second kappa shape index (κ2) is 6.69. The monoisotopic (exact) mass is 330 g/mol. The van der Waals surface area contributed by atoms with Crippen molar-refractivity contribution in [2.24, 2.45) is 0 Å². The van der Waals surface area contributed by atoms with Gasteiger partial charge in [-0.2, -0.15) is 0 Å². The van der Waals surface area contributed by atoms with Crippen molar-refractivity contribution in [3.05, 3.63) is 23.9 Å². The van der Waals surface area contributed by atoms with E-state index in [1.165, 1.54) is 12.5 Å². The normalized spacial score (nSPS) is 14.6. The molecule has 1 aromatic heterocycles. The molecule has 24 heavy (non-hydrogen) atoms. The van der Waals surface area contributed by atoms with Crippen LogP contribution in [-0.4, -0.2) is 51.7 Å². The largest absolute Gasteiger partial charge is 0.507 e. The Hall–Kier alpha value is -2.90. The molecule has 1 aliphatic heterocycles. The first-order valence-corrected chi connectivity index (χ1v) is 7.80. The molecule has 0 saturated carbocycles. The minimum absolute atomic E-state index is 0.0635. The molecule has 0 bridgehead atoms. The van der Waals surface area contributed by atoms with Crippen LogP contribution in [0.2, 0.25) is 0 Å². The third-order valence-electron chi connectivity index (χ3n) is 3.99. The number of carbonyl (C=O) groups excluding carboxylic acids is 1. The second-order valence-electron chi connectivity index (χ2n) is 5.68. The number of aromatic nitrogens is 2. The zero-order chi connectivity index (χ0) is 17.1. The molecule has 1 amide bonds. The van der Waals surface area contributed by atoms with Crippen molar-refractivity contribution in [3.63, 3.8) is 0 Å². The van der Waals surface area contributed by atoms with Crippen LogP contribution in [0.15, 0.2) is 18.3 Å². The molecule has 1 aromatic carbocycles. The van der Waals surface area contributed by atoms with Crippen LogP contribution in [0.3, 0.4) is 0 Å². The lowest BCUT2D eigenvalue weighted by atomic mass is 10.1. The zero-order valence-corrected chi connectivity index (χ0v) is 13.0. The number of aromatic hydroxyl groups is 1. The number of hydrogen-bond donors (Lipinski definition) is 3. The standard InChI is InChI=1S/C16H18N4O4/c21-11-5-4-10-15(14(11)16(24)18-9-13(22)23)17-8-12(19-10)20-6-2-1-3-7-20/h4-5,8,21H,1-3,6-7,9H2,(H,18,24)(H,22,23). The summed E-state index contributed by atoms with van der Waals surface area (Å²) in [6.45, 7) is 1.31. The number of phenolic OH excluding ortho intramolecular Hbond substituents is 1. The van der Waals surface area contributed by atoms with Crippen molar-refractivity contribution >= 4 is 28.7 Å². The van der Waals surface area contributed by atoms with E-state index in [9.17, 15) is 14.7 Å². The Morgan fingerprint density at radius 1 is 1.21 bits per heavy atom. The summed E-state index contributed by atoms with van der Waals surface area (Å²) in [5, 5.41) is 20.9. The Morgan fingerprint density at radius 3 is 2.67 bits per heavy atom. The number of rotatable bonds is 4. The molecule has 1 saturated heterocycles. The van der Waals surface area contributed by atoms with Gasteiger partial charge in [0.05, 0.1) is 11.7 Å².